The Morgan fingerprint density at radius 2 is 1.77 bits per heavy atom. The van der Waals surface area contributed by atoms with E-state index in [0.717, 1.165) is 10.5 Å². The molecular formula is C18H18N2O4S2. The van der Waals surface area contributed by atoms with Crippen LogP contribution in [0.2, 0.25) is 0 Å². The molecule has 2 aromatic carbocycles. The number of fused-ring (bicyclic) bond motifs is 1. The maximum atomic E-state index is 12.5. The Labute approximate surface area is 156 Å². The number of sulfonamides is 1. The van der Waals surface area contributed by atoms with Crippen molar-refractivity contribution in [3.63, 3.8) is 0 Å². The van der Waals surface area contributed by atoms with Gasteiger partial charge >= 0.3 is 0 Å². The van der Waals surface area contributed by atoms with Gasteiger partial charge < -0.3 is 4.90 Å². The molecule has 2 aromatic rings. The van der Waals surface area contributed by atoms with E-state index >= 15 is 0 Å². The van der Waals surface area contributed by atoms with E-state index < -0.39 is 28.4 Å². The van der Waals surface area contributed by atoms with Crippen LogP contribution in [0.25, 0.3) is 0 Å². The fourth-order valence-corrected chi connectivity index (χ4v) is 4.65. The molecule has 136 valence electrons. The number of rotatable bonds is 5. The van der Waals surface area contributed by atoms with Crippen molar-refractivity contribution in [3.8, 4) is 0 Å². The second kappa shape index (κ2) is 7.13. The number of amides is 2. The quantitative estimate of drug-likeness (QED) is 0.732. The number of hydrogen-bond acceptors (Lipinski definition) is 5. The summed E-state index contributed by atoms with van der Waals surface area (Å²) in [6, 6.07) is 13.8. The second-order valence-electron chi connectivity index (χ2n) is 5.91. The molecule has 8 heteroatoms. The summed E-state index contributed by atoms with van der Waals surface area (Å²) in [7, 11) is -2.38. The van der Waals surface area contributed by atoms with Crippen LogP contribution in [-0.4, -0.2) is 49.3 Å². The number of carbonyl (C=O) groups excluding carboxylic acids is 2. The van der Waals surface area contributed by atoms with Crippen LogP contribution in [0, 0.1) is 0 Å². The minimum absolute atomic E-state index is 0.0480. The molecule has 3 rings (SSSR count). The first-order chi connectivity index (χ1) is 12.3. The zero-order valence-corrected chi connectivity index (χ0v) is 16.0. The molecule has 0 spiro atoms. The van der Waals surface area contributed by atoms with Crippen molar-refractivity contribution in [2.45, 2.75) is 16.3 Å². The van der Waals surface area contributed by atoms with Crippen LogP contribution in [0.4, 0.5) is 0 Å². The average molecular weight is 390 g/mol. The molecule has 1 aliphatic heterocycles. The molecule has 1 aliphatic rings. The van der Waals surface area contributed by atoms with Crippen LogP contribution in [-0.2, 0) is 21.4 Å². The highest BCUT2D eigenvalue weighted by Crippen LogP contribution is 2.29. The Hall–Kier alpha value is -2.32. The lowest BCUT2D eigenvalue weighted by molar-refractivity contribution is -0.130. The van der Waals surface area contributed by atoms with E-state index in [-0.39, 0.29) is 10.5 Å². The summed E-state index contributed by atoms with van der Waals surface area (Å²) in [5.74, 6) is -1.10. The van der Waals surface area contributed by atoms with Crippen molar-refractivity contribution in [2.24, 2.45) is 0 Å². The lowest BCUT2D eigenvalue weighted by Gasteiger charge is -2.21. The van der Waals surface area contributed by atoms with Gasteiger partial charge in [-0.15, -0.1) is 11.8 Å². The number of hydrogen-bond donors (Lipinski definition) is 0. The monoisotopic (exact) mass is 390 g/mol. The Morgan fingerprint density at radius 1 is 1.12 bits per heavy atom. The highest BCUT2D eigenvalue weighted by molar-refractivity contribution is 7.98. The first-order valence-electron chi connectivity index (χ1n) is 7.87. The summed E-state index contributed by atoms with van der Waals surface area (Å²) in [5, 5.41) is 0. The van der Waals surface area contributed by atoms with Gasteiger partial charge in [0.1, 0.15) is 11.4 Å². The van der Waals surface area contributed by atoms with E-state index in [2.05, 4.69) is 0 Å². The van der Waals surface area contributed by atoms with Crippen molar-refractivity contribution in [2.75, 3.05) is 19.8 Å². The Balaban J connectivity index is 1.72. The molecule has 2 amide bonds. The summed E-state index contributed by atoms with van der Waals surface area (Å²) in [4.78, 5) is 27.3. The molecule has 0 atom stereocenters. The molecule has 0 saturated carbocycles. The molecule has 0 aromatic heterocycles. The van der Waals surface area contributed by atoms with Crippen LogP contribution >= 0.6 is 11.8 Å². The molecule has 0 aliphatic carbocycles. The van der Waals surface area contributed by atoms with E-state index in [1.165, 1.54) is 17.0 Å². The lowest BCUT2D eigenvalue weighted by Crippen LogP contribution is -2.40. The van der Waals surface area contributed by atoms with Gasteiger partial charge in [-0.25, -0.2) is 12.7 Å². The zero-order valence-electron chi connectivity index (χ0n) is 14.4. The molecule has 0 fully saturated rings. The first kappa shape index (κ1) is 18.5. The van der Waals surface area contributed by atoms with Crippen LogP contribution in [0.5, 0.6) is 0 Å². The van der Waals surface area contributed by atoms with Gasteiger partial charge in [0, 0.05) is 18.5 Å². The number of benzene rings is 2. The van der Waals surface area contributed by atoms with Gasteiger partial charge in [0.2, 0.25) is 5.91 Å². The predicted octanol–water partition coefficient (Wildman–Crippen LogP) is 2.21. The van der Waals surface area contributed by atoms with Gasteiger partial charge in [0.25, 0.3) is 15.9 Å². The molecule has 0 unspecified atom stereocenters. The Kier molecular flexibility index (Phi) is 5.06. The molecule has 1 heterocycles. The molecule has 0 N–H and O–H groups in total. The van der Waals surface area contributed by atoms with Crippen LogP contribution in [0.1, 0.15) is 15.9 Å². The van der Waals surface area contributed by atoms with Gasteiger partial charge in [-0.05, 0) is 36.1 Å². The predicted molar refractivity (Wildman–Crippen MR) is 99.4 cm³/mol. The maximum absolute atomic E-state index is 12.5. The summed E-state index contributed by atoms with van der Waals surface area (Å²) < 4.78 is 25.7. The summed E-state index contributed by atoms with van der Waals surface area (Å²) in [5.41, 5.74) is 1.04. The van der Waals surface area contributed by atoms with Crippen molar-refractivity contribution in [1.82, 2.24) is 9.21 Å². The van der Waals surface area contributed by atoms with Gasteiger partial charge in [-0.2, -0.15) is 0 Å². The second-order valence-corrected chi connectivity index (χ2v) is 8.62. The highest BCUT2D eigenvalue weighted by atomic mass is 32.2. The summed E-state index contributed by atoms with van der Waals surface area (Å²) >= 11 is 1.63. The summed E-state index contributed by atoms with van der Waals surface area (Å²) in [6.45, 7) is -0.169. The Bertz CT molecular complexity index is 955. The van der Waals surface area contributed by atoms with Gasteiger partial charge in [0.15, 0.2) is 0 Å². The SMILES string of the molecule is CSc1ccc(CN(C)C(=O)CN2C(=O)c3ccccc3S2(=O)=O)cc1. The number of carbonyl (C=O) groups is 2. The van der Waals surface area contributed by atoms with Crippen molar-refractivity contribution >= 4 is 33.6 Å². The van der Waals surface area contributed by atoms with Crippen molar-refractivity contribution in [1.29, 1.82) is 0 Å². The van der Waals surface area contributed by atoms with Gasteiger partial charge in [-0.1, -0.05) is 24.3 Å². The van der Waals surface area contributed by atoms with Crippen LogP contribution in [0.15, 0.2) is 58.3 Å². The smallest absolute Gasteiger partial charge is 0.269 e. The molecule has 26 heavy (non-hydrogen) atoms. The first-order valence-corrected chi connectivity index (χ1v) is 10.5. The lowest BCUT2D eigenvalue weighted by atomic mass is 10.2. The number of thioether (sulfide) groups is 1. The molecule has 6 nitrogen and oxygen atoms in total. The standard InChI is InChI=1S/C18H18N2O4S2/c1-19(11-13-7-9-14(25-2)10-8-13)17(21)12-20-18(22)15-5-3-4-6-16(15)26(20,23)24/h3-10H,11-12H2,1-2H3. The minimum atomic E-state index is -3.97. The topological polar surface area (TPSA) is 74.8 Å². The number of likely N-dealkylation sites (N-methyl/N-ethyl adjacent to an activating group) is 1. The largest absolute Gasteiger partial charge is 0.340 e. The van der Waals surface area contributed by atoms with E-state index in [0.29, 0.717) is 10.8 Å². The molecular weight excluding hydrogens is 372 g/mol. The minimum Gasteiger partial charge on any atom is -0.340 e. The third-order valence-corrected chi connectivity index (χ3v) is 6.73. The van der Waals surface area contributed by atoms with E-state index in [1.807, 2.05) is 30.5 Å². The normalized spacial score (nSPS) is 15.0. The number of nitrogens with zero attached hydrogens (tertiary/aromatic N) is 2. The van der Waals surface area contributed by atoms with E-state index in [9.17, 15) is 18.0 Å². The van der Waals surface area contributed by atoms with E-state index in [4.69, 9.17) is 0 Å². The molecule has 0 bridgehead atoms. The zero-order chi connectivity index (χ0) is 18.9. The third kappa shape index (κ3) is 3.34. The Morgan fingerprint density at radius 3 is 2.38 bits per heavy atom. The molecule has 0 saturated heterocycles. The van der Waals surface area contributed by atoms with E-state index in [1.54, 1.807) is 30.9 Å². The van der Waals surface area contributed by atoms with Crippen molar-refractivity contribution in [3.05, 3.63) is 59.7 Å². The summed E-state index contributed by atoms with van der Waals surface area (Å²) in [6.07, 6.45) is 1.98. The van der Waals surface area contributed by atoms with Crippen LogP contribution in [0.3, 0.4) is 0 Å². The average Bonchev–Trinajstić information content (AvgIpc) is 2.83. The fourth-order valence-electron chi connectivity index (χ4n) is 2.72. The fraction of sp³-hybridized carbons (Fsp3) is 0.222. The van der Waals surface area contributed by atoms with Gasteiger partial charge in [0.05, 0.1) is 5.56 Å². The van der Waals surface area contributed by atoms with Crippen LogP contribution < -0.4 is 0 Å². The van der Waals surface area contributed by atoms with Crippen molar-refractivity contribution < 1.29 is 18.0 Å². The maximum Gasteiger partial charge on any atom is 0.269 e. The third-order valence-electron chi connectivity index (χ3n) is 4.20. The molecule has 0 radical (unpaired) electrons. The highest BCUT2D eigenvalue weighted by Gasteiger charge is 2.42. The van der Waals surface area contributed by atoms with Gasteiger partial charge in [-0.3, -0.25) is 9.59 Å².